The van der Waals surface area contributed by atoms with Crippen LogP contribution in [-0.4, -0.2) is 18.3 Å². The van der Waals surface area contributed by atoms with Gasteiger partial charge in [0.25, 0.3) is 0 Å². The Morgan fingerprint density at radius 3 is 2.24 bits per heavy atom. The van der Waals surface area contributed by atoms with Crippen molar-refractivity contribution in [3.63, 3.8) is 0 Å². The molecule has 0 aliphatic rings. The molecule has 128 valence electrons. The number of aromatic nitrogens is 1. The van der Waals surface area contributed by atoms with Crippen LogP contribution in [0.5, 0.6) is 5.75 Å². The van der Waals surface area contributed by atoms with E-state index < -0.39 is 0 Å². The number of hydrogen-bond donors (Lipinski definition) is 0. The molecule has 0 bridgehead atoms. The van der Waals surface area contributed by atoms with Crippen molar-refractivity contribution in [3.8, 4) is 28.1 Å². The van der Waals surface area contributed by atoms with Gasteiger partial charge in [-0.25, -0.2) is 0 Å². The first kappa shape index (κ1) is 17.6. The fraction of sp³-hybridized carbons (Fsp3) is 0.227. The van der Waals surface area contributed by atoms with Crippen LogP contribution < -0.4 is 4.74 Å². The van der Waals surface area contributed by atoms with Gasteiger partial charge in [-0.3, -0.25) is 4.98 Å². The topological polar surface area (TPSA) is 22.1 Å². The Bertz CT molecular complexity index is 895. The van der Waals surface area contributed by atoms with Crippen molar-refractivity contribution in [1.29, 1.82) is 0 Å². The predicted octanol–water partition coefficient (Wildman–Crippen LogP) is 6.07. The Morgan fingerprint density at radius 1 is 0.880 bits per heavy atom. The molecule has 3 heteroatoms. The summed E-state index contributed by atoms with van der Waals surface area (Å²) in [6, 6.07) is 14.9. The number of aryl methyl sites for hydroxylation is 3. The molecule has 0 N–H and O–H groups in total. The third kappa shape index (κ3) is 3.57. The monoisotopic (exact) mass is 349 g/mol. The van der Waals surface area contributed by atoms with Crippen molar-refractivity contribution in [2.24, 2.45) is 0 Å². The van der Waals surface area contributed by atoms with Gasteiger partial charge < -0.3 is 4.74 Å². The molecule has 0 amide bonds. The second-order valence-electron chi connectivity index (χ2n) is 6.27. The zero-order valence-corrected chi connectivity index (χ0v) is 16.2. The van der Waals surface area contributed by atoms with Crippen LogP contribution in [0.3, 0.4) is 0 Å². The third-order valence-corrected chi connectivity index (χ3v) is 5.14. The molecule has 0 atom stereocenters. The highest BCUT2D eigenvalue weighted by Gasteiger charge is 2.15. The molecular formula is C22H23NOS. The number of benzene rings is 2. The minimum Gasteiger partial charge on any atom is -0.497 e. The highest BCUT2D eigenvalue weighted by Crippen LogP contribution is 2.38. The highest BCUT2D eigenvalue weighted by atomic mass is 32.2. The number of pyridine rings is 1. The molecule has 3 aromatic rings. The lowest BCUT2D eigenvalue weighted by Crippen LogP contribution is -1.95. The van der Waals surface area contributed by atoms with Crippen LogP contribution in [0.15, 0.2) is 53.6 Å². The maximum Gasteiger partial charge on any atom is 0.119 e. The maximum absolute atomic E-state index is 5.49. The largest absolute Gasteiger partial charge is 0.497 e. The number of ether oxygens (including phenoxy) is 1. The molecule has 3 rings (SSSR count). The molecule has 0 saturated heterocycles. The fourth-order valence-electron chi connectivity index (χ4n) is 3.37. The van der Waals surface area contributed by atoms with Gasteiger partial charge in [0.1, 0.15) is 5.75 Å². The van der Waals surface area contributed by atoms with Gasteiger partial charge in [0.15, 0.2) is 0 Å². The second kappa shape index (κ2) is 7.32. The number of methoxy groups -OCH3 is 1. The molecule has 1 heterocycles. The zero-order chi connectivity index (χ0) is 18.0. The minimum atomic E-state index is 0.860. The van der Waals surface area contributed by atoms with Gasteiger partial charge in [-0.2, -0.15) is 0 Å². The Morgan fingerprint density at radius 2 is 1.60 bits per heavy atom. The summed E-state index contributed by atoms with van der Waals surface area (Å²) in [7, 11) is 1.71. The molecule has 25 heavy (non-hydrogen) atoms. The first-order chi connectivity index (χ1) is 12.0. The molecule has 0 aliphatic carbocycles. The molecule has 0 fully saturated rings. The summed E-state index contributed by atoms with van der Waals surface area (Å²) in [6.07, 6.45) is 3.96. The highest BCUT2D eigenvalue weighted by molar-refractivity contribution is 7.98. The lowest BCUT2D eigenvalue weighted by Gasteiger charge is -2.17. The Balaban J connectivity index is 2.28. The molecule has 1 aromatic heterocycles. The van der Waals surface area contributed by atoms with Crippen molar-refractivity contribution in [3.05, 3.63) is 65.4 Å². The summed E-state index contributed by atoms with van der Waals surface area (Å²) in [5.41, 5.74) is 8.37. The summed E-state index contributed by atoms with van der Waals surface area (Å²) >= 11 is 1.73. The molecule has 2 nitrogen and oxygen atoms in total. The van der Waals surface area contributed by atoms with E-state index in [-0.39, 0.29) is 0 Å². The van der Waals surface area contributed by atoms with Gasteiger partial charge in [-0.05, 0) is 79.6 Å². The van der Waals surface area contributed by atoms with Crippen molar-refractivity contribution < 1.29 is 4.74 Å². The summed E-state index contributed by atoms with van der Waals surface area (Å²) in [5.74, 6) is 0.860. The summed E-state index contributed by atoms with van der Waals surface area (Å²) in [6.45, 7) is 6.48. The van der Waals surface area contributed by atoms with Crippen LogP contribution in [0.1, 0.15) is 16.7 Å². The average molecular weight is 349 g/mol. The smallest absolute Gasteiger partial charge is 0.119 e. The molecule has 0 aliphatic heterocycles. The van der Waals surface area contributed by atoms with Gasteiger partial charge in [0, 0.05) is 16.7 Å². The lowest BCUT2D eigenvalue weighted by atomic mass is 9.89. The molecule has 0 unspecified atom stereocenters. The van der Waals surface area contributed by atoms with Gasteiger partial charge in [-0.15, -0.1) is 11.8 Å². The van der Waals surface area contributed by atoms with E-state index in [1.807, 2.05) is 18.3 Å². The minimum absolute atomic E-state index is 0.860. The third-order valence-electron chi connectivity index (χ3n) is 4.42. The van der Waals surface area contributed by atoms with Crippen LogP contribution in [0.2, 0.25) is 0 Å². The van der Waals surface area contributed by atoms with Crippen LogP contribution in [-0.2, 0) is 0 Å². The SMILES string of the molecule is COc1ccc(-c2cc(SC)ccn2)c(-c2c(C)cc(C)cc2C)c1. The molecule has 0 spiro atoms. The molecule has 0 radical (unpaired) electrons. The molecule has 0 saturated carbocycles. The van der Waals surface area contributed by atoms with Crippen molar-refractivity contribution in [1.82, 2.24) is 4.98 Å². The van der Waals surface area contributed by atoms with Crippen molar-refractivity contribution in [2.45, 2.75) is 25.7 Å². The van der Waals surface area contributed by atoms with E-state index >= 15 is 0 Å². The Kier molecular flexibility index (Phi) is 5.14. The van der Waals surface area contributed by atoms with Crippen LogP contribution in [0, 0.1) is 20.8 Å². The average Bonchev–Trinajstić information content (AvgIpc) is 2.60. The normalized spacial score (nSPS) is 10.8. The Labute approximate surface area is 154 Å². The van der Waals surface area contributed by atoms with Gasteiger partial charge in [0.2, 0.25) is 0 Å². The lowest BCUT2D eigenvalue weighted by molar-refractivity contribution is 0.415. The van der Waals surface area contributed by atoms with Crippen LogP contribution >= 0.6 is 11.8 Å². The van der Waals surface area contributed by atoms with Crippen molar-refractivity contribution >= 4 is 11.8 Å². The second-order valence-corrected chi connectivity index (χ2v) is 7.15. The number of hydrogen-bond acceptors (Lipinski definition) is 3. The summed E-state index contributed by atoms with van der Waals surface area (Å²) in [5, 5.41) is 0. The maximum atomic E-state index is 5.49. The van der Waals surface area contributed by atoms with E-state index in [4.69, 9.17) is 4.74 Å². The van der Waals surface area contributed by atoms with E-state index in [2.05, 4.69) is 62.3 Å². The summed E-state index contributed by atoms with van der Waals surface area (Å²) in [4.78, 5) is 5.83. The van der Waals surface area contributed by atoms with E-state index in [0.717, 1.165) is 17.0 Å². The van der Waals surface area contributed by atoms with E-state index in [1.54, 1.807) is 18.9 Å². The van der Waals surface area contributed by atoms with E-state index in [1.165, 1.54) is 32.7 Å². The van der Waals surface area contributed by atoms with Gasteiger partial charge in [-0.1, -0.05) is 17.7 Å². The van der Waals surface area contributed by atoms with E-state index in [9.17, 15) is 0 Å². The first-order valence-electron chi connectivity index (χ1n) is 8.30. The fourth-order valence-corrected chi connectivity index (χ4v) is 3.80. The predicted molar refractivity (Wildman–Crippen MR) is 108 cm³/mol. The van der Waals surface area contributed by atoms with Gasteiger partial charge >= 0.3 is 0 Å². The van der Waals surface area contributed by atoms with Gasteiger partial charge in [0.05, 0.1) is 12.8 Å². The zero-order valence-electron chi connectivity index (χ0n) is 15.4. The Hall–Kier alpha value is -2.26. The van der Waals surface area contributed by atoms with Crippen LogP contribution in [0.4, 0.5) is 0 Å². The van der Waals surface area contributed by atoms with E-state index in [0.29, 0.717) is 0 Å². The molecule has 2 aromatic carbocycles. The number of nitrogens with zero attached hydrogens (tertiary/aromatic N) is 1. The quantitative estimate of drug-likeness (QED) is 0.534. The summed E-state index contributed by atoms with van der Waals surface area (Å²) < 4.78 is 5.49. The standard InChI is InChI=1S/C22H23NOS/c1-14-10-15(2)22(16(3)11-14)20-12-17(24-4)6-7-19(20)21-13-18(25-5)8-9-23-21/h6-13H,1-5H3. The number of rotatable bonds is 4. The number of thioether (sulfide) groups is 1. The van der Waals surface area contributed by atoms with Crippen molar-refractivity contribution in [2.75, 3.05) is 13.4 Å². The van der Waals surface area contributed by atoms with Crippen LogP contribution in [0.25, 0.3) is 22.4 Å². The first-order valence-corrected chi connectivity index (χ1v) is 9.52. The molecular weight excluding hydrogens is 326 g/mol.